The lowest BCUT2D eigenvalue weighted by Crippen LogP contribution is -2.41. The third kappa shape index (κ3) is 8.08. The first kappa shape index (κ1) is 20.9. The van der Waals surface area contributed by atoms with Crippen LogP contribution in [0.2, 0.25) is 0 Å². The lowest BCUT2D eigenvalue weighted by atomic mass is 10.2. The summed E-state index contributed by atoms with van der Waals surface area (Å²) < 4.78 is 9.85. The predicted octanol–water partition coefficient (Wildman–Crippen LogP) is 1.28. The summed E-state index contributed by atoms with van der Waals surface area (Å²) in [6.07, 6.45) is -0.758. The van der Waals surface area contributed by atoms with Crippen molar-refractivity contribution in [3.8, 4) is 0 Å². The Morgan fingerprint density at radius 2 is 1.77 bits per heavy atom. The Balaban J connectivity index is 2.33. The molecule has 26 heavy (non-hydrogen) atoms. The fourth-order valence-corrected chi connectivity index (χ4v) is 1.72. The second-order valence-electron chi connectivity index (χ2n) is 6.18. The van der Waals surface area contributed by atoms with Gasteiger partial charge in [0.1, 0.15) is 25.3 Å². The number of ether oxygens (including phenoxy) is 2. The molecule has 0 unspecified atom stereocenters. The Morgan fingerprint density at radius 3 is 2.38 bits per heavy atom. The van der Waals surface area contributed by atoms with Crippen molar-refractivity contribution in [3.05, 3.63) is 39.9 Å². The molecule has 0 saturated carbocycles. The monoisotopic (exact) mass is 367 g/mol. The van der Waals surface area contributed by atoms with Crippen LogP contribution in [0.4, 0.5) is 10.5 Å². The van der Waals surface area contributed by atoms with Gasteiger partial charge >= 0.3 is 12.1 Å². The van der Waals surface area contributed by atoms with Gasteiger partial charge in [-0.15, -0.1) is 0 Å². The Bertz CT molecular complexity index is 683. The molecular formula is C16H21N3O7. The number of esters is 1. The molecule has 0 spiro atoms. The number of hydrogen-bond donors (Lipinski definition) is 2. The van der Waals surface area contributed by atoms with Gasteiger partial charge in [-0.2, -0.15) is 0 Å². The van der Waals surface area contributed by atoms with Gasteiger partial charge in [-0.05, 0) is 26.8 Å². The molecule has 0 heterocycles. The number of amides is 2. The minimum absolute atomic E-state index is 0.161. The number of carbonyl (C=O) groups excluding carboxylic acids is 3. The Kier molecular flexibility index (Phi) is 7.51. The van der Waals surface area contributed by atoms with Gasteiger partial charge in [0.05, 0.1) is 10.5 Å². The highest BCUT2D eigenvalue weighted by molar-refractivity contribution is 5.85. The van der Waals surface area contributed by atoms with Gasteiger partial charge in [-0.1, -0.05) is 12.1 Å². The van der Waals surface area contributed by atoms with Crippen LogP contribution in [-0.2, 0) is 25.7 Å². The van der Waals surface area contributed by atoms with Crippen molar-refractivity contribution < 1.29 is 28.8 Å². The van der Waals surface area contributed by atoms with Crippen LogP contribution < -0.4 is 10.6 Å². The van der Waals surface area contributed by atoms with Crippen LogP contribution in [0.25, 0.3) is 0 Å². The molecule has 2 amide bonds. The number of nitrogens with one attached hydrogen (secondary N) is 2. The van der Waals surface area contributed by atoms with E-state index in [-0.39, 0.29) is 24.4 Å². The van der Waals surface area contributed by atoms with E-state index in [4.69, 9.17) is 9.47 Å². The van der Waals surface area contributed by atoms with E-state index < -0.39 is 35.0 Å². The molecule has 10 heteroatoms. The van der Waals surface area contributed by atoms with Crippen molar-refractivity contribution >= 4 is 23.7 Å². The number of benzene rings is 1. The molecule has 1 rings (SSSR count). The van der Waals surface area contributed by atoms with E-state index in [1.807, 2.05) is 0 Å². The third-order valence-electron chi connectivity index (χ3n) is 2.80. The maximum Gasteiger partial charge on any atom is 0.408 e. The number of carbonyl (C=O) groups is 3. The topological polar surface area (TPSA) is 137 Å². The minimum Gasteiger partial charge on any atom is -0.459 e. The maximum absolute atomic E-state index is 11.6. The maximum atomic E-state index is 11.6. The molecular weight excluding hydrogens is 346 g/mol. The number of hydrogen-bond acceptors (Lipinski definition) is 7. The van der Waals surface area contributed by atoms with Crippen molar-refractivity contribution in [3.63, 3.8) is 0 Å². The van der Waals surface area contributed by atoms with Crippen molar-refractivity contribution in [2.75, 3.05) is 13.1 Å². The largest absolute Gasteiger partial charge is 0.459 e. The number of nitrogens with zero attached hydrogens (tertiary/aromatic N) is 1. The van der Waals surface area contributed by atoms with Gasteiger partial charge in [0.15, 0.2) is 0 Å². The number of nitro groups is 1. The summed E-state index contributed by atoms with van der Waals surface area (Å²) in [6.45, 7) is 3.95. The van der Waals surface area contributed by atoms with Crippen LogP contribution in [0, 0.1) is 10.1 Å². The molecule has 142 valence electrons. The molecule has 0 atom stereocenters. The SMILES string of the molecule is CC(C)(C)OC(=O)NCC(=O)NCC(=O)OCc1ccccc1[N+](=O)[O-]. The molecule has 0 radical (unpaired) electrons. The summed E-state index contributed by atoms with van der Waals surface area (Å²) in [5.74, 6) is -1.38. The van der Waals surface area contributed by atoms with E-state index in [1.165, 1.54) is 18.2 Å². The molecule has 2 N–H and O–H groups in total. The van der Waals surface area contributed by atoms with Gasteiger partial charge in [-0.25, -0.2) is 4.79 Å². The molecule has 0 aliphatic rings. The van der Waals surface area contributed by atoms with Crippen LogP contribution in [-0.4, -0.2) is 41.6 Å². The molecule has 10 nitrogen and oxygen atoms in total. The minimum atomic E-state index is -0.770. The van der Waals surface area contributed by atoms with E-state index in [0.717, 1.165) is 0 Å². The quantitative estimate of drug-likeness (QED) is 0.421. The molecule has 0 fully saturated rings. The molecule has 1 aromatic rings. The first-order chi connectivity index (χ1) is 12.1. The molecule has 0 aliphatic heterocycles. The fraction of sp³-hybridized carbons (Fsp3) is 0.438. The van der Waals surface area contributed by atoms with Crippen LogP contribution in [0.5, 0.6) is 0 Å². The van der Waals surface area contributed by atoms with Crippen LogP contribution in [0.1, 0.15) is 26.3 Å². The molecule has 0 bridgehead atoms. The molecule has 0 aromatic heterocycles. The standard InChI is InChI=1S/C16H21N3O7/c1-16(2,3)26-15(22)18-8-13(20)17-9-14(21)25-10-11-6-4-5-7-12(11)19(23)24/h4-7H,8-10H2,1-3H3,(H,17,20)(H,18,22). The first-order valence-corrected chi connectivity index (χ1v) is 7.70. The average molecular weight is 367 g/mol. The Labute approximate surface area is 150 Å². The zero-order valence-corrected chi connectivity index (χ0v) is 14.7. The van der Waals surface area contributed by atoms with Crippen molar-refractivity contribution in [2.24, 2.45) is 0 Å². The summed E-state index contributed by atoms with van der Waals surface area (Å²) in [5, 5.41) is 15.4. The normalized spacial score (nSPS) is 10.6. The zero-order chi connectivity index (χ0) is 19.7. The van der Waals surface area contributed by atoms with Gasteiger partial charge in [0.2, 0.25) is 5.91 Å². The molecule has 0 aliphatic carbocycles. The van der Waals surface area contributed by atoms with Crippen molar-refractivity contribution in [1.82, 2.24) is 10.6 Å². The first-order valence-electron chi connectivity index (χ1n) is 7.70. The number of para-hydroxylation sites is 1. The van der Waals surface area contributed by atoms with Crippen molar-refractivity contribution in [2.45, 2.75) is 33.0 Å². The second-order valence-corrected chi connectivity index (χ2v) is 6.18. The summed E-state index contributed by atoms with van der Waals surface area (Å²) in [7, 11) is 0. The summed E-state index contributed by atoms with van der Waals surface area (Å²) in [4.78, 5) is 44.8. The van der Waals surface area contributed by atoms with E-state index in [2.05, 4.69) is 10.6 Å². The molecule has 1 aromatic carbocycles. The van der Waals surface area contributed by atoms with Crippen LogP contribution in [0.15, 0.2) is 24.3 Å². The van der Waals surface area contributed by atoms with Crippen LogP contribution in [0.3, 0.4) is 0 Å². The van der Waals surface area contributed by atoms with E-state index >= 15 is 0 Å². The van der Waals surface area contributed by atoms with Crippen LogP contribution >= 0.6 is 0 Å². The smallest absolute Gasteiger partial charge is 0.408 e. The number of nitro benzene ring substituents is 1. The number of rotatable bonds is 7. The van der Waals surface area contributed by atoms with Gasteiger partial charge < -0.3 is 20.1 Å². The lowest BCUT2D eigenvalue weighted by Gasteiger charge is -2.19. The second kappa shape index (κ2) is 9.35. The zero-order valence-electron chi connectivity index (χ0n) is 14.7. The van der Waals surface area contributed by atoms with Gasteiger partial charge in [0, 0.05) is 6.07 Å². The Hall–Kier alpha value is -3.17. The molecule has 0 saturated heterocycles. The van der Waals surface area contributed by atoms with E-state index in [9.17, 15) is 24.5 Å². The van der Waals surface area contributed by atoms with Gasteiger partial charge in [-0.3, -0.25) is 19.7 Å². The van der Waals surface area contributed by atoms with Crippen molar-refractivity contribution in [1.29, 1.82) is 0 Å². The summed E-state index contributed by atoms with van der Waals surface area (Å²) in [5.41, 5.74) is -0.612. The highest BCUT2D eigenvalue weighted by atomic mass is 16.6. The van der Waals surface area contributed by atoms with Gasteiger partial charge in [0.25, 0.3) is 5.69 Å². The Morgan fingerprint density at radius 1 is 1.12 bits per heavy atom. The van der Waals surface area contributed by atoms with E-state index in [0.29, 0.717) is 0 Å². The van der Waals surface area contributed by atoms with E-state index in [1.54, 1.807) is 26.8 Å². The highest BCUT2D eigenvalue weighted by Gasteiger charge is 2.17. The third-order valence-corrected chi connectivity index (χ3v) is 2.80. The predicted molar refractivity (Wildman–Crippen MR) is 90.1 cm³/mol. The summed E-state index contributed by atoms with van der Waals surface area (Å²) >= 11 is 0. The number of alkyl carbamates (subject to hydrolysis) is 1. The fourth-order valence-electron chi connectivity index (χ4n) is 1.72. The average Bonchev–Trinajstić information content (AvgIpc) is 2.54. The summed E-state index contributed by atoms with van der Waals surface area (Å²) in [6, 6.07) is 5.85. The lowest BCUT2D eigenvalue weighted by molar-refractivity contribution is -0.385. The highest BCUT2D eigenvalue weighted by Crippen LogP contribution is 2.18.